The monoisotopic (exact) mass is 496 g/mol. The molecule has 0 radical (unpaired) electrons. The van der Waals surface area contributed by atoms with Crippen LogP contribution in [-0.4, -0.2) is 38.9 Å². The Kier molecular flexibility index (Phi) is 8.11. The second-order valence-corrected chi connectivity index (χ2v) is 7.51. The normalized spacial score (nSPS) is 12.1. The van der Waals surface area contributed by atoms with Crippen molar-refractivity contribution in [2.45, 2.75) is 38.8 Å². The Labute approximate surface area is 197 Å². The lowest BCUT2D eigenvalue weighted by molar-refractivity contribution is -0.205. The van der Waals surface area contributed by atoms with Crippen molar-refractivity contribution in [1.82, 2.24) is 14.8 Å². The number of aromatic nitrogens is 3. The van der Waals surface area contributed by atoms with Gasteiger partial charge in [0.1, 0.15) is 24.2 Å². The number of benzene rings is 1. The molecular weight excluding hydrogens is 477 g/mol. The summed E-state index contributed by atoms with van der Waals surface area (Å²) in [6.45, 7) is 1.63. The van der Waals surface area contributed by atoms with E-state index in [4.69, 9.17) is 16.3 Å². The van der Waals surface area contributed by atoms with Crippen molar-refractivity contribution in [3.05, 3.63) is 71.3 Å². The Bertz CT molecular complexity index is 1150. The molecule has 3 aromatic rings. The second kappa shape index (κ2) is 11.0. The lowest BCUT2D eigenvalue weighted by Gasteiger charge is -2.17. The van der Waals surface area contributed by atoms with Crippen molar-refractivity contribution in [2.24, 2.45) is 0 Å². The average Bonchev–Trinajstić information content (AvgIpc) is 3.24. The minimum Gasteiger partial charge on any atom is -0.487 e. The summed E-state index contributed by atoms with van der Waals surface area (Å²) in [6, 6.07) is 10.2. The standard InChI is InChI=1S/C22H20ClF3N4O4/c1-2-16(34-21(32)22(24,25)26)12-30-11-15(10-28-30)29-20(31)18-9-14(7-8-27-18)13-33-19-6-4-3-5-17(19)23/h3-11,16H,2,12-13H2,1H3,(H,29,31). The molecule has 1 amide bonds. The van der Waals surface area contributed by atoms with Crippen LogP contribution in [0.25, 0.3) is 0 Å². The molecule has 1 N–H and O–H groups in total. The van der Waals surface area contributed by atoms with E-state index in [2.05, 4.69) is 20.1 Å². The third kappa shape index (κ3) is 6.95. The molecule has 0 fully saturated rings. The minimum absolute atomic E-state index is 0.110. The Balaban J connectivity index is 1.58. The van der Waals surface area contributed by atoms with E-state index < -0.39 is 24.2 Å². The van der Waals surface area contributed by atoms with E-state index in [0.29, 0.717) is 22.0 Å². The second-order valence-electron chi connectivity index (χ2n) is 7.11. The first-order chi connectivity index (χ1) is 16.2. The van der Waals surface area contributed by atoms with Crippen LogP contribution in [0, 0.1) is 0 Å². The SMILES string of the molecule is CCC(Cn1cc(NC(=O)c2cc(COc3ccccc3Cl)ccn2)cn1)OC(=O)C(F)(F)F. The lowest BCUT2D eigenvalue weighted by atomic mass is 10.2. The largest absolute Gasteiger partial charge is 0.490 e. The van der Waals surface area contributed by atoms with Gasteiger partial charge in [0.25, 0.3) is 5.91 Å². The molecule has 0 saturated carbocycles. The van der Waals surface area contributed by atoms with E-state index in [1.807, 2.05) is 0 Å². The maximum Gasteiger partial charge on any atom is 0.490 e. The fourth-order valence-electron chi connectivity index (χ4n) is 2.81. The summed E-state index contributed by atoms with van der Waals surface area (Å²) in [4.78, 5) is 27.7. The van der Waals surface area contributed by atoms with Gasteiger partial charge in [0.05, 0.1) is 23.5 Å². The number of ether oxygens (including phenoxy) is 2. The van der Waals surface area contributed by atoms with E-state index in [9.17, 15) is 22.8 Å². The van der Waals surface area contributed by atoms with Gasteiger partial charge in [-0.15, -0.1) is 0 Å². The van der Waals surface area contributed by atoms with Crippen LogP contribution >= 0.6 is 11.6 Å². The molecule has 0 aliphatic carbocycles. The van der Waals surface area contributed by atoms with Gasteiger partial charge in [-0.1, -0.05) is 30.7 Å². The fraction of sp³-hybridized carbons (Fsp3) is 0.273. The number of carbonyl (C=O) groups excluding carboxylic acids is 2. The topological polar surface area (TPSA) is 95.3 Å². The molecule has 2 aromatic heterocycles. The molecule has 3 rings (SSSR count). The molecule has 0 spiro atoms. The van der Waals surface area contributed by atoms with Crippen molar-refractivity contribution in [3.8, 4) is 5.75 Å². The number of nitrogens with zero attached hydrogens (tertiary/aromatic N) is 3. The minimum atomic E-state index is -5.07. The first-order valence-corrected chi connectivity index (χ1v) is 10.5. The number of rotatable bonds is 9. The number of alkyl halides is 3. The Morgan fingerprint density at radius 1 is 1.24 bits per heavy atom. The summed E-state index contributed by atoms with van der Waals surface area (Å²) in [5, 5.41) is 7.06. The first-order valence-electron chi connectivity index (χ1n) is 10.1. The number of nitrogens with one attached hydrogen (secondary N) is 1. The zero-order chi connectivity index (χ0) is 24.7. The number of amides is 1. The van der Waals surface area contributed by atoms with Gasteiger partial charge >= 0.3 is 12.1 Å². The van der Waals surface area contributed by atoms with Gasteiger partial charge < -0.3 is 14.8 Å². The van der Waals surface area contributed by atoms with Crippen LogP contribution in [0.3, 0.4) is 0 Å². The molecule has 34 heavy (non-hydrogen) atoms. The van der Waals surface area contributed by atoms with Crippen LogP contribution in [0.2, 0.25) is 5.02 Å². The zero-order valence-electron chi connectivity index (χ0n) is 17.9. The maximum atomic E-state index is 12.6. The highest BCUT2D eigenvalue weighted by Crippen LogP contribution is 2.24. The number of anilines is 1. The zero-order valence-corrected chi connectivity index (χ0v) is 18.6. The quantitative estimate of drug-likeness (QED) is 0.433. The molecule has 1 atom stereocenters. The predicted molar refractivity (Wildman–Crippen MR) is 116 cm³/mol. The molecule has 1 unspecified atom stereocenters. The van der Waals surface area contributed by atoms with Gasteiger partial charge in [-0.05, 0) is 36.2 Å². The van der Waals surface area contributed by atoms with Crippen molar-refractivity contribution in [1.29, 1.82) is 0 Å². The summed E-state index contributed by atoms with van der Waals surface area (Å²) in [7, 11) is 0. The molecule has 8 nitrogen and oxygen atoms in total. The molecule has 180 valence electrons. The Hall–Kier alpha value is -3.60. The summed E-state index contributed by atoms with van der Waals surface area (Å²) < 4.78 is 48.6. The summed E-state index contributed by atoms with van der Waals surface area (Å²) in [5.74, 6) is -2.27. The number of carbonyl (C=O) groups is 2. The number of pyridine rings is 1. The number of esters is 1. The number of para-hydroxylation sites is 1. The van der Waals surface area contributed by atoms with Gasteiger partial charge in [-0.25, -0.2) is 4.79 Å². The maximum absolute atomic E-state index is 12.6. The van der Waals surface area contributed by atoms with Crippen molar-refractivity contribution in [3.63, 3.8) is 0 Å². The Morgan fingerprint density at radius 2 is 2.00 bits per heavy atom. The highest BCUT2D eigenvalue weighted by atomic mass is 35.5. The van der Waals surface area contributed by atoms with Crippen molar-refractivity contribution in [2.75, 3.05) is 5.32 Å². The predicted octanol–water partition coefficient (Wildman–Crippen LogP) is 4.65. The molecule has 0 aliphatic heterocycles. The van der Waals surface area contributed by atoms with Gasteiger partial charge in [0.15, 0.2) is 0 Å². The summed E-state index contributed by atoms with van der Waals surface area (Å²) in [6.07, 6.45) is -1.77. The van der Waals surface area contributed by atoms with E-state index in [1.165, 1.54) is 23.3 Å². The molecule has 0 saturated heterocycles. The first kappa shape index (κ1) is 25.0. The molecule has 12 heteroatoms. The van der Waals surface area contributed by atoms with Gasteiger partial charge in [0, 0.05) is 12.4 Å². The van der Waals surface area contributed by atoms with E-state index in [0.717, 1.165) is 0 Å². The van der Waals surface area contributed by atoms with Crippen molar-refractivity contribution < 1.29 is 32.2 Å². The lowest BCUT2D eigenvalue weighted by Crippen LogP contribution is -2.32. The smallest absolute Gasteiger partial charge is 0.487 e. The van der Waals surface area contributed by atoms with Crippen LogP contribution in [0.5, 0.6) is 5.75 Å². The molecule has 1 aromatic carbocycles. The van der Waals surface area contributed by atoms with Crippen LogP contribution < -0.4 is 10.1 Å². The van der Waals surface area contributed by atoms with E-state index in [1.54, 1.807) is 43.3 Å². The molecule has 0 aliphatic rings. The highest BCUT2D eigenvalue weighted by molar-refractivity contribution is 6.32. The third-order valence-electron chi connectivity index (χ3n) is 4.53. The summed E-state index contributed by atoms with van der Waals surface area (Å²) >= 11 is 6.07. The van der Waals surface area contributed by atoms with Gasteiger partial charge in [-0.3, -0.25) is 14.5 Å². The molecule has 2 heterocycles. The number of halogens is 4. The fourth-order valence-corrected chi connectivity index (χ4v) is 3.00. The third-order valence-corrected chi connectivity index (χ3v) is 4.84. The number of hydrogen-bond acceptors (Lipinski definition) is 6. The van der Waals surface area contributed by atoms with Gasteiger partial charge in [0.2, 0.25) is 0 Å². The van der Waals surface area contributed by atoms with Crippen LogP contribution in [0.15, 0.2) is 55.0 Å². The Morgan fingerprint density at radius 3 is 2.71 bits per heavy atom. The van der Waals surface area contributed by atoms with Crippen molar-refractivity contribution >= 4 is 29.2 Å². The number of hydrogen-bond donors (Lipinski definition) is 1. The van der Waals surface area contributed by atoms with E-state index >= 15 is 0 Å². The summed E-state index contributed by atoms with van der Waals surface area (Å²) in [5.41, 5.74) is 1.10. The van der Waals surface area contributed by atoms with E-state index in [-0.39, 0.29) is 25.3 Å². The highest BCUT2D eigenvalue weighted by Gasteiger charge is 2.42. The van der Waals surface area contributed by atoms with Crippen LogP contribution in [0.1, 0.15) is 29.4 Å². The average molecular weight is 497 g/mol. The van der Waals surface area contributed by atoms with Crippen LogP contribution in [0.4, 0.5) is 18.9 Å². The molecular formula is C22H20ClF3N4O4. The van der Waals surface area contributed by atoms with Gasteiger partial charge in [-0.2, -0.15) is 18.3 Å². The van der Waals surface area contributed by atoms with Crippen LogP contribution in [-0.2, 0) is 22.7 Å². The molecule has 0 bridgehead atoms.